The topological polar surface area (TPSA) is 123 Å². The maximum Gasteiger partial charge on any atom is 0.262 e. The molecule has 2 amide bonds. The van der Waals surface area contributed by atoms with Crippen LogP contribution in [0.2, 0.25) is 0 Å². The average molecular weight is 295 g/mol. The third-order valence-electron chi connectivity index (χ3n) is 3.64. The van der Waals surface area contributed by atoms with E-state index in [0.717, 1.165) is 17.0 Å². The fourth-order valence-electron chi connectivity index (χ4n) is 2.61. The molecule has 3 aromatic rings. The number of fused-ring (bicyclic) bond motifs is 2. The van der Waals surface area contributed by atoms with Gasteiger partial charge in [0.05, 0.1) is 28.5 Å². The van der Waals surface area contributed by atoms with Gasteiger partial charge in [0.15, 0.2) is 0 Å². The number of nitrogens with zero attached hydrogens (tertiary/aromatic N) is 2. The molecule has 108 valence electrons. The van der Waals surface area contributed by atoms with Crippen molar-refractivity contribution >= 4 is 28.5 Å². The molecule has 8 heteroatoms. The summed E-state index contributed by atoms with van der Waals surface area (Å²) in [5.74, 6) is -1.27. The zero-order valence-corrected chi connectivity index (χ0v) is 11.1. The highest BCUT2D eigenvalue weighted by Crippen LogP contribution is 2.24. The Morgan fingerprint density at radius 3 is 2.73 bits per heavy atom. The molecule has 3 heterocycles. The minimum absolute atomic E-state index is 0.00754. The zero-order chi connectivity index (χ0) is 15.4. The van der Waals surface area contributed by atoms with Crippen molar-refractivity contribution in [3.63, 3.8) is 0 Å². The summed E-state index contributed by atoms with van der Waals surface area (Å²) in [7, 11) is 0. The van der Waals surface area contributed by atoms with Crippen LogP contribution in [-0.4, -0.2) is 26.6 Å². The average Bonchev–Trinajstić information content (AvgIpc) is 3.03. The number of benzene rings is 1. The first-order valence-electron chi connectivity index (χ1n) is 6.41. The van der Waals surface area contributed by atoms with E-state index in [1.165, 1.54) is 4.57 Å². The molecule has 0 saturated heterocycles. The van der Waals surface area contributed by atoms with Crippen LogP contribution in [0.1, 0.15) is 20.7 Å². The summed E-state index contributed by atoms with van der Waals surface area (Å²) in [6, 6.07) is 6.27. The van der Waals surface area contributed by atoms with Crippen LogP contribution < -0.4 is 16.6 Å². The standard InChI is InChI=1S/C14H9N5O3/c15-12-11-8(13(21)17-14(11)22)4-10(20)19(12)7-1-2-9-6(3-7)5-16-18-9/h1-5H,15H2,(H,16,18)(H,17,21,22). The summed E-state index contributed by atoms with van der Waals surface area (Å²) in [5, 5.41) is 9.64. The van der Waals surface area contributed by atoms with Crippen LogP contribution in [0.4, 0.5) is 5.82 Å². The Bertz CT molecular complexity index is 1030. The molecule has 22 heavy (non-hydrogen) atoms. The fourth-order valence-corrected chi connectivity index (χ4v) is 2.61. The normalized spacial score (nSPS) is 13.5. The van der Waals surface area contributed by atoms with Crippen LogP contribution in [0.5, 0.6) is 0 Å². The lowest BCUT2D eigenvalue weighted by Gasteiger charge is -2.11. The Labute approximate surface area is 122 Å². The van der Waals surface area contributed by atoms with E-state index in [0.29, 0.717) is 5.69 Å². The highest BCUT2D eigenvalue weighted by molar-refractivity contribution is 6.23. The van der Waals surface area contributed by atoms with Gasteiger partial charge in [-0.2, -0.15) is 5.10 Å². The van der Waals surface area contributed by atoms with Crippen LogP contribution in [0.25, 0.3) is 16.6 Å². The van der Waals surface area contributed by atoms with E-state index < -0.39 is 17.4 Å². The number of carbonyl (C=O) groups excluding carboxylic acids is 2. The van der Waals surface area contributed by atoms with Gasteiger partial charge in [0.25, 0.3) is 17.4 Å². The molecule has 8 nitrogen and oxygen atoms in total. The van der Waals surface area contributed by atoms with Gasteiger partial charge in [-0.25, -0.2) is 0 Å². The largest absolute Gasteiger partial charge is 0.384 e. The predicted octanol–water partition coefficient (Wildman–Crippen LogP) is 0.180. The second-order valence-corrected chi connectivity index (χ2v) is 4.92. The number of carbonyl (C=O) groups is 2. The summed E-state index contributed by atoms with van der Waals surface area (Å²) in [5.41, 5.74) is 6.82. The number of pyridine rings is 1. The Balaban J connectivity index is 2.03. The molecule has 4 N–H and O–H groups in total. The number of nitrogens with one attached hydrogen (secondary N) is 2. The van der Waals surface area contributed by atoms with Crippen molar-refractivity contribution in [2.45, 2.75) is 0 Å². The summed E-state index contributed by atoms with van der Waals surface area (Å²) < 4.78 is 1.20. The second kappa shape index (κ2) is 4.04. The molecule has 4 rings (SSSR count). The molecule has 0 atom stereocenters. The molecule has 1 aliphatic rings. The Morgan fingerprint density at radius 2 is 1.91 bits per heavy atom. The molecular formula is C14H9N5O3. The molecule has 0 radical (unpaired) electrons. The van der Waals surface area contributed by atoms with Gasteiger partial charge >= 0.3 is 0 Å². The van der Waals surface area contributed by atoms with Crippen LogP contribution in [-0.2, 0) is 0 Å². The van der Waals surface area contributed by atoms with Gasteiger partial charge in [-0.15, -0.1) is 0 Å². The van der Waals surface area contributed by atoms with Gasteiger partial charge in [0, 0.05) is 11.5 Å². The first kappa shape index (κ1) is 12.3. The molecule has 0 bridgehead atoms. The number of aromatic nitrogens is 3. The lowest BCUT2D eigenvalue weighted by atomic mass is 10.1. The van der Waals surface area contributed by atoms with Crippen LogP contribution in [0.3, 0.4) is 0 Å². The van der Waals surface area contributed by atoms with Crippen molar-refractivity contribution in [2.24, 2.45) is 0 Å². The van der Waals surface area contributed by atoms with E-state index in [-0.39, 0.29) is 16.9 Å². The number of hydrogen-bond donors (Lipinski definition) is 3. The van der Waals surface area contributed by atoms with E-state index in [9.17, 15) is 14.4 Å². The van der Waals surface area contributed by atoms with Crippen molar-refractivity contribution in [3.8, 4) is 5.69 Å². The van der Waals surface area contributed by atoms with E-state index >= 15 is 0 Å². The smallest absolute Gasteiger partial charge is 0.262 e. The fraction of sp³-hybridized carbons (Fsp3) is 0. The zero-order valence-electron chi connectivity index (χ0n) is 11.1. The number of amides is 2. The third kappa shape index (κ3) is 1.51. The number of hydrogen-bond acceptors (Lipinski definition) is 5. The van der Waals surface area contributed by atoms with Gasteiger partial charge in [0.1, 0.15) is 5.82 Å². The van der Waals surface area contributed by atoms with Gasteiger partial charge in [-0.3, -0.25) is 29.4 Å². The van der Waals surface area contributed by atoms with Gasteiger partial charge in [0.2, 0.25) is 0 Å². The van der Waals surface area contributed by atoms with Crippen molar-refractivity contribution in [1.82, 2.24) is 20.1 Å². The van der Waals surface area contributed by atoms with Crippen molar-refractivity contribution in [2.75, 3.05) is 5.73 Å². The number of rotatable bonds is 1. The quantitative estimate of drug-likeness (QED) is 0.553. The van der Waals surface area contributed by atoms with Crippen LogP contribution in [0, 0.1) is 0 Å². The highest BCUT2D eigenvalue weighted by atomic mass is 16.2. The molecule has 0 aliphatic carbocycles. The third-order valence-corrected chi connectivity index (χ3v) is 3.64. The van der Waals surface area contributed by atoms with Gasteiger partial charge in [-0.1, -0.05) is 0 Å². The van der Waals surface area contributed by atoms with Gasteiger partial charge in [-0.05, 0) is 18.2 Å². The lowest BCUT2D eigenvalue weighted by Crippen LogP contribution is -2.24. The Hall–Kier alpha value is -3.42. The minimum atomic E-state index is -0.610. The van der Waals surface area contributed by atoms with E-state index in [1.54, 1.807) is 24.4 Å². The van der Waals surface area contributed by atoms with Crippen LogP contribution >= 0.6 is 0 Å². The molecule has 1 aromatic carbocycles. The second-order valence-electron chi connectivity index (χ2n) is 4.92. The molecular weight excluding hydrogens is 286 g/mol. The lowest BCUT2D eigenvalue weighted by molar-refractivity contribution is 0.0880. The number of anilines is 1. The number of H-pyrrole nitrogens is 1. The number of aromatic amines is 1. The molecule has 1 aliphatic heterocycles. The van der Waals surface area contributed by atoms with Crippen molar-refractivity contribution in [1.29, 1.82) is 0 Å². The molecule has 0 saturated carbocycles. The monoisotopic (exact) mass is 295 g/mol. The molecule has 0 unspecified atom stereocenters. The van der Waals surface area contributed by atoms with Gasteiger partial charge < -0.3 is 5.73 Å². The summed E-state index contributed by atoms with van der Waals surface area (Å²) in [4.78, 5) is 35.7. The summed E-state index contributed by atoms with van der Waals surface area (Å²) in [6.45, 7) is 0. The number of imide groups is 1. The van der Waals surface area contributed by atoms with Crippen LogP contribution in [0.15, 0.2) is 35.3 Å². The molecule has 2 aromatic heterocycles. The number of nitrogens with two attached hydrogens (primary N) is 1. The van der Waals surface area contributed by atoms with E-state index in [4.69, 9.17) is 5.73 Å². The molecule has 0 fully saturated rings. The SMILES string of the molecule is Nc1c2c(cc(=O)n1-c1ccc3[nH]ncc3c1)C(=O)NC2=O. The van der Waals surface area contributed by atoms with Crippen molar-refractivity contribution in [3.05, 3.63) is 51.9 Å². The highest BCUT2D eigenvalue weighted by Gasteiger charge is 2.31. The van der Waals surface area contributed by atoms with E-state index in [2.05, 4.69) is 15.5 Å². The molecule has 0 spiro atoms. The Morgan fingerprint density at radius 1 is 1.09 bits per heavy atom. The minimum Gasteiger partial charge on any atom is -0.384 e. The first-order chi connectivity index (χ1) is 10.6. The first-order valence-corrected chi connectivity index (χ1v) is 6.41. The van der Waals surface area contributed by atoms with Crippen molar-refractivity contribution < 1.29 is 9.59 Å². The number of nitrogen functional groups attached to an aromatic ring is 1. The summed E-state index contributed by atoms with van der Waals surface area (Å²) in [6.07, 6.45) is 1.61. The van der Waals surface area contributed by atoms with E-state index in [1.807, 2.05) is 0 Å². The summed E-state index contributed by atoms with van der Waals surface area (Å²) >= 11 is 0. The maximum atomic E-state index is 12.3. The maximum absolute atomic E-state index is 12.3. The Kier molecular flexibility index (Phi) is 2.27. The predicted molar refractivity (Wildman–Crippen MR) is 77.9 cm³/mol.